The molecule has 0 aliphatic heterocycles. The monoisotopic (exact) mass is 420 g/mol. The van der Waals surface area contributed by atoms with Gasteiger partial charge in [-0.05, 0) is 48.2 Å². The smallest absolute Gasteiger partial charge is 0.354 e. The Bertz CT molecular complexity index is 914. The lowest BCUT2D eigenvalue weighted by atomic mass is 10.2. The van der Waals surface area contributed by atoms with Gasteiger partial charge in [0.1, 0.15) is 16.6 Å². The van der Waals surface area contributed by atoms with Crippen LogP contribution in [0.2, 0.25) is 0 Å². The molecule has 1 atom stereocenters. The summed E-state index contributed by atoms with van der Waals surface area (Å²) in [7, 11) is 1.34. The number of hydrogen-bond acceptors (Lipinski definition) is 4. The second-order valence-electron chi connectivity index (χ2n) is 5.49. The predicted octanol–water partition coefficient (Wildman–Crippen LogP) is 4.84. The van der Waals surface area contributed by atoms with Gasteiger partial charge in [0.05, 0.1) is 7.11 Å². The average molecular weight is 421 g/mol. The number of benzene rings is 1. The van der Waals surface area contributed by atoms with Gasteiger partial charge in [-0.15, -0.1) is 11.3 Å². The number of hydrogen-bond donors (Lipinski definition) is 1. The zero-order valence-corrected chi connectivity index (χ0v) is 16.2. The van der Waals surface area contributed by atoms with Crippen molar-refractivity contribution in [3.8, 4) is 0 Å². The Morgan fingerprint density at radius 2 is 2.00 bits per heavy atom. The van der Waals surface area contributed by atoms with Gasteiger partial charge in [0.2, 0.25) is 5.91 Å². The third-order valence-corrected chi connectivity index (χ3v) is 5.41. The summed E-state index contributed by atoms with van der Waals surface area (Å²) in [5.41, 5.74) is 1.10. The van der Waals surface area contributed by atoms with Crippen molar-refractivity contribution >= 4 is 55.0 Å². The number of anilines is 1. The fraction of sp³-hybridized carbons (Fsp3) is 0.222. The first-order valence-corrected chi connectivity index (χ1v) is 9.45. The number of ether oxygens (including phenoxy) is 1. The fourth-order valence-electron chi connectivity index (χ4n) is 2.76. The Labute approximate surface area is 157 Å². The molecule has 0 saturated heterocycles. The first kappa shape index (κ1) is 17.7. The summed E-state index contributed by atoms with van der Waals surface area (Å²) < 4.78 is 7.61. The highest BCUT2D eigenvalue weighted by molar-refractivity contribution is 9.10. The lowest BCUT2D eigenvalue weighted by Crippen LogP contribution is -2.27. The molecule has 1 aromatic carbocycles. The van der Waals surface area contributed by atoms with Crippen molar-refractivity contribution in [2.75, 3.05) is 12.4 Å². The van der Waals surface area contributed by atoms with Crippen LogP contribution in [0.5, 0.6) is 0 Å². The van der Waals surface area contributed by atoms with Crippen LogP contribution in [0.4, 0.5) is 5.69 Å². The highest BCUT2D eigenvalue weighted by atomic mass is 79.9. The van der Waals surface area contributed by atoms with Gasteiger partial charge < -0.3 is 14.6 Å². The molecular weight excluding hydrogens is 404 g/mol. The van der Waals surface area contributed by atoms with Crippen molar-refractivity contribution in [3.05, 3.63) is 51.9 Å². The Morgan fingerprint density at radius 1 is 1.28 bits per heavy atom. The first-order chi connectivity index (χ1) is 12.0. The van der Waals surface area contributed by atoms with Crippen molar-refractivity contribution in [3.63, 3.8) is 0 Å². The summed E-state index contributed by atoms with van der Waals surface area (Å²) in [6.45, 7) is 1.92. The SMILES string of the molecule is CC[C@@H](C(=O)Nc1ccc(Br)cc1)n1c(C(=O)OC)cc2ccsc21. The number of esters is 1. The summed E-state index contributed by atoms with van der Waals surface area (Å²) in [5.74, 6) is -0.612. The molecule has 0 aliphatic rings. The number of methoxy groups -OCH3 is 1. The molecule has 2 heterocycles. The first-order valence-electron chi connectivity index (χ1n) is 7.78. The van der Waals surface area contributed by atoms with E-state index in [2.05, 4.69) is 21.2 Å². The van der Waals surface area contributed by atoms with Crippen LogP contribution in [0.25, 0.3) is 10.2 Å². The van der Waals surface area contributed by atoms with E-state index in [9.17, 15) is 9.59 Å². The van der Waals surface area contributed by atoms with Gasteiger partial charge in [0.25, 0.3) is 0 Å². The van der Waals surface area contributed by atoms with Crippen molar-refractivity contribution in [2.45, 2.75) is 19.4 Å². The Hall–Kier alpha value is -2.12. The number of fused-ring (bicyclic) bond motifs is 1. The maximum atomic E-state index is 12.9. The number of halogens is 1. The van der Waals surface area contributed by atoms with Gasteiger partial charge in [-0.3, -0.25) is 4.79 Å². The molecule has 0 aliphatic carbocycles. The minimum atomic E-state index is -0.506. The topological polar surface area (TPSA) is 60.3 Å². The van der Waals surface area contributed by atoms with Crippen molar-refractivity contribution < 1.29 is 14.3 Å². The number of carbonyl (C=O) groups excluding carboxylic acids is 2. The second-order valence-corrected chi connectivity index (χ2v) is 7.30. The lowest BCUT2D eigenvalue weighted by Gasteiger charge is -2.19. The van der Waals surface area contributed by atoms with Crippen LogP contribution in [-0.2, 0) is 9.53 Å². The largest absolute Gasteiger partial charge is 0.464 e. The van der Waals surface area contributed by atoms with Crippen LogP contribution < -0.4 is 5.32 Å². The molecule has 5 nitrogen and oxygen atoms in total. The zero-order valence-electron chi connectivity index (χ0n) is 13.8. The minimum Gasteiger partial charge on any atom is -0.464 e. The summed E-state index contributed by atoms with van der Waals surface area (Å²) in [4.78, 5) is 25.9. The summed E-state index contributed by atoms with van der Waals surface area (Å²) in [6.07, 6.45) is 0.550. The molecule has 1 amide bonds. The average Bonchev–Trinajstić information content (AvgIpc) is 3.19. The van der Waals surface area contributed by atoms with Gasteiger partial charge in [0, 0.05) is 15.5 Å². The highest BCUT2D eigenvalue weighted by Gasteiger charge is 2.27. The molecule has 3 aromatic rings. The molecule has 7 heteroatoms. The minimum absolute atomic E-state index is 0.166. The number of nitrogens with one attached hydrogen (secondary N) is 1. The second kappa shape index (κ2) is 7.41. The molecule has 0 spiro atoms. The highest BCUT2D eigenvalue weighted by Crippen LogP contribution is 2.31. The molecule has 130 valence electrons. The van der Waals surface area contributed by atoms with E-state index in [1.807, 2.05) is 42.6 Å². The molecule has 0 radical (unpaired) electrons. The van der Waals surface area contributed by atoms with Crippen molar-refractivity contribution in [2.24, 2.45) is 0 Å². The molecule has 0 bridgehead atoms. The fourth-order valence-corrected chi connectivity index (χ4v) is 3.97. The molecule has 25 heavy (non-hydrogen) atoms. The zero-order chi connectivity index (χ0) is 18.0. The van der Waals surface area contributed by atoms with E-state index >= 15 is 0 Å². The Morgan fingerprint density at radius 3 is 2.64 bits per heavy atom. The third kappa shape index (κ3) is 3.48. The molecular formula is C18H17BrN2O3S. The standard InChI is InChI=1S/C18H17BrN2O3S/c1-3-14(16(22)20-13-6-4-12(19)5-7-13)21-15(18(23)24-2)10-11-8-9-25-17(11)21/h4-10,14H,3H2,1-2H3,(H,20,22)/t14-/m0/s1. The third-order valence-electron chi connectivity index (χ3n) is 3.95. The Balaban J connectivity index is 1.98. The molecule has 0 fully saturated rings. The van der Waals surface area contributed by atoms with Gasteiger partial charge in [-0.25, -0.2) is 4.79 Å². The number of aromatic nitrogens is 1. The van der Waals surface area contributed by atoms with Crippen LogP contribution in [0, 0.1) is 0 Å². The molecule has 1 N–H and O–H groups in total. The van der Waals surface area contributed by atoms with E-state index < -0.39 is 12.0 Å². The van der Waals surface area contributed by atoms with Gasteiger partial charge in [-0.2, -0.15) is 0 Å². The molecule has 2 aromatic heterocycles. The Kier molecular flexibility index (Phi) is 5.24. The van der Waals surface area contributed by atoms with Crippen molar-refractivity contribution in [1.29, 1.82) is 0 Å². The number of carbonyl (C=O) groups is 2. The van der Waals surface area contributed by atoms with Crippen LogP contribution in [0.15, 0.2) is 46.3 Å². The van der Waals surface area contributed by atoms with Crippen LogP contribution >= 0.6 is 27.3 Å². The van der Waals surface area contributed by atoms with Gasteiger partial charge >= 0.3 is 5.97 Å². The quantitative estimate of drug-likeness (QED) is 0.600. The molecule has 0 unspecified atom stereocenters. The van der Waals surface area contributed by atoms with Crippen LogP contribution in [0.3, 0.4) is 0 Å². The number of nitrogens with zero attached hydrogens (tertiary/aromatic N) is 1. The van der Waals surface area contributed by atoms with E-state index in [-0.39, 0.29) is 5.91 Å². The van der Waals surface area contributed by atoms with Crippen LogP contribution in [-0.4, -0.2) is 23.6 Å². The lowest BCUT2D eigenvalue weighted by molar-refractivity contribution is -0.119. The van der Waals surface area contributed by atoms with Crippen LogP contribution in [0.1, 0.15) is 29.9 Å². The van der Waals surface area contributed by atoms with Gasteiger partial charge in [-0.1, -0.05) is 22.9 Å². The summed E-state index contributed by atoms with van der Waals surface area (Å²) >= 11 is 4.88. The number of thiophene rings is 1. The van der Waals surface area contributed by atoms with E-state index in [0.717, 1.165) is 14.7 Å². The summed E-state index contributed by atoms with van der Waals surface area (Å²) in [5, 5.41) is 5.80. The van der Waals surface area contributed by atoms with E-state index in [1.165, 1.54) is 18.4 Å². The normalized spacial score (nSPS) is 12.1. The molecule has 3 rings (SSSR count). The van der Waals surface area contributed by atoms with E-state index in [0.29, 0.717) is 17.8 Å². The number of amides is 1. The number of rotatable bonds is 5. The predicted molar refractivity (Wildman–Crippen MR) is 103 cm³/mol. The maximum absolute atomic E-state index is 12.9. The van der Waals surface area contributed by atoms with Gasteiger partial charge in [0.15, 0.2) is 0 Å². The summed E-state index contributed by atoms with van der Waals surface area (Å²) in [6, 6.07) is 10.6. The molecule has 0 saturated carbocycles. The van der Waals surface area contributed by atoms with E-state index in [1.54, 1.807) is 10.6 Å². The maximum Gasteiger partial charge on any atom is 0.354 e. The van der Waals surface area contributed by atoms with Crippen molar-refractivity contribution in [1.82, 2.24) is 4.57 Å². The van der Waals surface area contributed by atoms with E-state index in [4.69, 9.17) is 4.74 Å².